The SMILES string of the molecule is C=C(CCc1nc(N2CCO[C@@H](c3cnn(C4CC4)c3)C2)nc2nc(C)cnc12)C(F)(F)F. The Hall–Kier alpha value is -3.08. The van der Waals surface area contributed by atoms with Crippen LogP contribution in [-0.4, -0.2) is 55.6 Å². The molecule has 0 N–H and O–H groups in total. The number of hydrogen-bond acceptors (Lipinski definition) is 7. The lowest BCUT2D eigenvalue weighted by Crippen LogP contribution is -2.39. The van der Waals surface area contributed by atoms with Gasteiger partial charge in [-0.1, -0.05) is 6.58 Å². The number of ether oxygens (including phenoxy) is 1. The second kappa shape index (κ2) is 8.36. The fourth-order valence-electron chi connectivity index (χ4n) is 3.86. The van der Waals surface area contributed by atoms with Crippen molar-refractivity contribution in [2.75, 3.05) is 24.6 Å². The molecule has 1 aliphatic heterocycles. The molecule has 0 unspecified atom stereocenters. The summed E-state index contributed by atoms with van der Waals surface area (Å²) < 4.78 is 46.8. The number of aromatic nitrogens is 6. The van der Waals surface area contributed by atoms with Crippen LogP contribution in [0, 0.1) is 6.92 Å². The Kier molecular flexibility index (Phi) is 5.51. The van der Waals surface area contributed by atoms with E-state index in [2.05, 4.69) is 31.6 Å². The fourth-order valence-corrected chi connectivity index (χ4v) is 3.86. The van der Waals surface area contributed by atoms with Gasteiger partial charge in [-0.3, -0.25) is 4.68 Å². The van der Waals surface area contributed by atoms with Gasteiger partial charge >= 0.3 is 6.18 Å². The number of morpholine rings is 1. The Bertz CT molecular complexity index is 1190. The van der Waals surface area contributed by atoms with E-state index in [0.717, 1.165) is 18.4 Å². The number of alkyl halides is 3. The van der Waals surface area contributed by atoms with E-state index < -0.39 is 11.7 Å². The van der Waals surface area contributed by atoms with E-state index in [1.807, 2.05) is 22.0 Å². The molecule has 1 atom stereocenters. The lowest BCUT2D eigenvalue weighted by atomic mass is 10.1. The molecule has 3 aromatic heterocycles. The minimum atomic E-state index is -4.43. The standard InChI is InChI=1S/C22H24F3N7O/c1-13(22(23,24)25)3-6-17-19-20(28-14(2)9-26-19)30-21(29-17)31-7-8-33-18(12-31)15-10-27-32(11-15)16-4-5-16/h9-11,16,18H,1,3-8,12H2,2H3/t18-/m1/s1. The molecule has 174 valence electrons. The van der Waals surface area contributed by atoms with Gasteiger partial charge in [-0.05, 0) is 32.6 Å². The van der Waals surface area contributed by atoms with Gasteiger partial charge in [0.25, 0.3) is 0 Å². The normalized spacial score (nSPS) is 19.3. The highest BCUT2D eigenvalue weighted by Gasteiger charge is 2.32. The zero-order valence-corrected chi connectivity index (χ0v) is 18.2. The van der Waals surface area contributed by atoms with E-state index in [-0.39, 0.29) is 18.9 Å². The molecule has 33 heavy (non-hydrogen) atoms. The van der Waals surface area contributed by atoms with Crippen molar-refractivity contribution in [2.45, 2.75) is 50.9 Å². The highest BCUT2D eigenvalue weighted by molar-refractivity contribution is 5.74. The Morgan fingerprint density at radius 2 is 2.03 bits per heavy atom. The highest BCUT2D eigenvalue weighted by Crippen LogP contribution is 2.35. The van der Waals surface area contributed by atoms with Crippen molar-refractivity contribution in [1.29, 1.82) is 0 Å². The summed E-state index contributed by atoms with van der Waals surface area (Å²) in [5, 5.41) is 4.45. The zero-order valence-electron chi connectivity index (χ0n) is 18.2. The first kappa shape index (κ1) is 21.7. The Morgan fingerprint density at radius 1 is 1.21 bits per heavy atom. The van der Waals surface area contributed by atoms with E-state index in [0.29, 0.717) is 54.2 Å². The Morgan fingerprint density at radius 3 is 2.79 bits per heavy atom. The van der Waals surface area contributed by atoms with Crippen molar-refractivity contribution in [2.24, 2.45) is 0 Å². The molecule has 0 spiro atoms. The quantitative estimate of drug-likeness (QED) is 0.517. The van der Waals surface area contributed by atoms with Crippen molar-refractivity contribution < 1.29 is 17.9 Å². The molecule has 0 radical (unpaired) electrons. The van der Waals surface area contributed by atoms with Gasteiger partial charge in [0.1, 0.15) is 11.6 Å². The van der Waals surface area contributed by atoms with Crippen LogP contribution in [0.3, 0.4) is 0 Å². The minimum absolute atomic E-state index is 0.0457. The van der Waals surface area contributed by atoms with Gasteiger partial charge < -0.3 is 9.64 Å². The molecule has 1 saturated heterocycles. The molecule has 2 fully saturated rings. The second-order valence-corrected chi connectivity index (χ2v) is 8.55. The smallest absolute Gasteiger partial charge is 0.370 e. The molecule has 0 amide bonds. The van der Waals surface area contributed by atoms with E-state index in [1.165, 1.54) is 0 Å². The zero-order chi connectivity index (χ0) is 23.2. The summed E-state index contributed by atoms with van der Waals surface area (Å²) in [5.41, 5.74) is 2.08. The van der Waals surface area contributed by atoms with E-state index in [1.54, 1.807) is 13.1 Å². The lowest BCUT2D eigenvalue weighted by molar-refractivity contribution is -0.0935. The van der Waals surface area contributed by atoms with E-state index >= 15 is 0 Å². The summed E-state index contributed by atoms with van der Waals surface area (Å²) in [6.07, 6.45) is 2.86. The number of allylic oxidation sites excluding steroid dienone is 1. The predicted molar refractivity (Wildman–Crippen MR) is 115 cm³/mol. The number of halogens is 3. The molecule has 0 bridgehead atoms. The number of anilines is 1. The van der Waals surface area contributed by atoms with Gasteiger partial charge in [0.15, 0.2) is 5.65 Å². The molecule has 2 aliphatic rings. The molecule has 1 aliphatic carbocycles. The number of rotatable bonds is 6. The monoisotopic (exact) mass is 459 g/mol. The maximum atomic E-state index is 13.0. The molecule has 8 nitrogen and oxygen atoms in total. The lowest BCUT2D eigenvalue weighted by Gasteiger charge is -2.32. The maximum Gasteiger partial charge on any atom is 0.412 e. The largest absolute Gasteiger partial charge is 0.412 e. The molecule has 1 saturated carbocycles. The van der Waals surface area contributed by atoms with Crippen molar-refractivity contribution in [3.63, 3.8) is 0 Å². The van der Waals surface area contributed by atoms with Gasteiger partial charge in [0, 0.05) is 30.1 Å². The molecular weight excluding hydrogens is 435 g/mol. The number of aryl methyl sites for hydroxylation is 2. The van der Waals surface area contributed by atoms with Crippen LogP contribution in [0.25, 0.3) is 11.2 Å². The predicted octanol–water partition coefficient (Wildman–Crippen LogP) is 3.89. The third-order valence-electron chi connectivity index (χ3n) is 5.92. The molecule has 11 heteroatoms. The second-order valence-electron chi connectivity index (χ2n) is 8.55. The van der Waals surface area contributed by atoms with Crippen molar-refractivity contribution in [1.82, 2.24) is 29.7 Å². The number of hydrogen-bond donors (Lipinski definition) is 0. The summed E-state index contributed by atoms with van der Waals surface area (Å²) >= 11 is 0. The third-order valence-corrected chi connectivity index (χ3v) is 5.92. The molecule has 3 aromatic rings. The first-order chi connectivity index (χ1) is 15.8. The number of nitrogens with zero attached hydrogens (tertiary/aromatic N) is 7. The van der Waals surface area contributed by atoms with Gasteiger partial charge in [-0.15, -0.1) is 0 Å². The van der Waals surface area contributed by atoms with E-state index in [9.17, 15) is 13.2 Å². The summed E-state index contributed by atoms with van der Waals surface area (Å²) in [6, 6.07) is 0.484. The highest BCUT2D eigenvalue weighted by atomic mass is 19.4. The first-order valence-corrected chi connectivity index (χ1v) is 10.9. The first-order valence-electron chi connectivity index (χ1n) is 10.9. The number of fused-ring (bicyclic) bond motifs is 1. The van der Waals surface area contributed by atoms with Crippen LogP contribution < -0.4 is 4.90 Å². The summed E-state index contributed by atoms with van der Waals surface area (Å²) in [4.78, 5) is 20.0. The Balaban J connectivity index is 1.42. The van der Waals surface area contributed by atoms with Crippen molar-refractivity contribution in [3.05, 3.63) is 47.7 Å². The molecule has 4 heterocycles. The fraction of sp³-hybridized carbons (Fsp3) is 0.500. The van der Waals surface area contributed by atoms with Crippen molar-refractivity contribution >= 4 is 17.1 Å². The topological polar surface area (TPSA) is 81.9 Å². The molecule has 5 rings (SSSR count). The van der Waals surface area contributed by atoms with Crippen LogP contribution >= 0.6 is 0 Å². The van der Waals surface area contributed by atoms with E-state index in [4.69, 9.17) is 4.74 Å². The van der Waals surface area contributed by atoms with Crippen molar-refractivity contribution in [3.8, 4) is 0 Å². The Labute approximate surface area is 188 Å². The molecule has 0 aromatic carbocycles. The summed E-state index contributed by atoms with van der Waals surface area (Å²) in [7, 11) is 0. The minimum Gasteiger partial charge on any atom is -0.370 e. The summed E-state index contributed by atoms with van der Waals surface area (Å²) in [6.45, 7) is 6.51. The van der Waals surface area contributed by atoms with Crippen LogP contribution in [0.4, 0.5) is 19.1 Å². The van der Waals surface area contributed by atoms with Crippen LogP contribution in [-0.2, 0) is 11.2 Å². The van der Waals surface area contributed by atoms with Gasteiger partial charge in [0.2, 0.25) is 5.95 Å². The van der Waals surface area contributed by atoms with Crippen LogP contribution in [0.1, 0.15) is 48.4 Å². The van der Waals surface area contributed by atoms with Crippen LogP contribution in [0.15, 0.2) is 30.7 Å². The van der Waals surface area contributed by atoms with Crippen LogP contribution in [0.5, 0.6) is 0 Å². The average Bonchev–Trinajstić information content (AvgIpc) is 3.52. The van der Waals surface area contributed by atoms with Gasteiger partial charge in [-0.25, -0.2) is 15.0 Å². The van der Waals surface area contributed by atoms with Crippen LogP contribution in [0.2, 0.25) is 0 Å². The summed E-state index contributed by atoms with van der Waals surface area (Å²) in [5.74, 6) is 0.415. The maximum absolute atomic E-state index is 13.0. The average molecular weight is 459 g/mol. The third kappa shape index (κ3) is 4.68. The van der Waals surface area contributed by atoms with Gasteiger partial charge in [0.05, 0.1) is 36.8 Å². The van der Waals surface area contributed by atoms with Gasteiger partial charge in [-0.2, -0.15) is 23.3 Å². The molecular formula is C22H24F3N7O.